The average Bonchev–Trinajstić information content (AvgIpc) is 2.51. The highest BCUT2D eigenvalue weighted by Crippen LogP contribution is 2.42. The summed E-state index contributed by atoms with van der Waals surface area (Å²) in [7, 11) is 0. The van der Waals surface area contributed by atoms with Crippen molar-refractivity contribution in [3.63, 3.8) is 0 Å². The van der Waals surface area contributed by atoms with Crippen LogP contribution in [0.3, 0.4) is 0 Å². The number of hydrogen-bond acceptors (Lipinski definition) is 2. The molecule has 1 heterocycles. The van der Waals surface area contributed by atoms with Crippen LogP contribution in [-0.4, -0.2) is 4.98 Å². The highest BCUT2D eigenvalue weighted by molar-refractivity contribution is 5.38. The SMILES string of the molecule is C[C@@H](NC1CCC(C)(C)c2ccccc21)c1cccnc1. The Balaban J connectivity index is 1.84. The first-order chi connectivity index (χ1) is 10.1. The van der Waals surface area contributed by atoms with Crippen LogP contribution in [0, 0.1) is 0 Å². The molecule has 0 saturated carbocycles. The molecule has 0 bridgehead atoms. The summed E-state index contributed by atoms with van der Waals surface area (Å²) in [4.78, 5) is 4.23. The second-order valence-corrected chi connectivity index (χ2v) is 6.74. The van der Waals surface area contributed by atoms with Crippen molar-refractivity contribution < 1.29 is 0 Å². The van der Waals surface area contributed by atoms with Crippen LogP contribution in [0.25, 0.3) is 0 Å². The smallest absolute Gasteiger partial charge is 0.0328 e. The van der Waals surface area contributed by atoms with E-state index in [0.717, 1.165) is 0 Å². The highest BCUT2D eigenvalue weighted by Gasteiger charge is 2.32. The van der Waals surface area contributed by atoms with Gasteiger partial charge in [-0.15, -0.1) is 0 Å². The maximum atomic E-state index is 4.23. The quantitative estimate of drug-likeness (QED) is 0.892. The van der Waals surface area contributed by atoms with Crippen molar-refractivity contribution >= 4 is 0 Å². The molecule has 0 aliphatic heterocycles. The molecular weight excluding hydrogens is 256 g/mol. The van der Waals surface area contributed by atoms with Gasteiger partial charge in [0, 0.05) is 24.5 Å². The third kappa shape index (κ3) is 2.86. The molecule has 1 aliphatic carbocycles. The van der Waals surface area contributed by atoms with Crippen LogP contribution in [0.4, 0.5) is 0 Å². The van der Waals surface area contributed by atoms with E-state index < -0.39 is 0 Å². The summed E-state index contributed by atoms with van der Waals surface area (Å²) in [5, 5.41) is 3.79. The maximum Gasteiger partial charge on any atom is 0.0328 e. The zero-order valence-corrected chi connectivity index (χ0v) is 13.1. The van der Waals surface area contributed by atoms with E-state index in [-0.39, 0.29) is 5.41 Å². The highest BCUT2D eigenvalue weighted by atomic mass is 15.0. The molecule has 1 aromatic carbocycles. The lowest BCUT2D eigenvalue weighted by Crippen LogP contribution is -2.33. The number of hydrogen-bond donors (Lipinski definition) is 1. The number of benzene rings is 1. The summed E-state index contributed by atoms with van der Waals surface area (Å²) >= 11 is 0. The Morgan fingerprint density at radius 3 is 2.76 bits per heavy atom. The second kappa shape index (κ2) is 5.61. The van der Waals surface area contributed by atoms with E-state index in [4.69, 9.17) is 0 Å². The Morgan fingerprint density at radius 2 is 2.00 bits per heavy atom. The van der Waals surface area contributed by atoms with Crippen LogP contribution >= 0.6 is 0 Å². The molecule has 0 spiro atoms. The topological polar surface area (TPSA) is 24.9 Å². The molecule has 1 aromatic heterocycles. The van der Waals surface area contributed by atoms with Crippen molar-refractivity contribution in [2.45, 2.75) is 51.1 Å². The van der Waals surface area contributed by atoms with E-state index in [9.17, 15) is 0 Å². The average molecular weight is 280 g/mol. The standard InChI is InChI=1S/C19H24N2/c1-14(15-7-6-12-20-13-15)21-18-10-11-19(2,3)17-9-5-4-8-16(17)18/h4-9,12-14,18,21H,10-11H2,1-3H3/t14-,18?/m1/s1. The minimum Gasteiger partial charge on any atom is -0.303 e. The molecule has 0 amide bonds. The first kappa shape index (κ1) is 14.3. The van der Waals surface area contributed by atoms with Gasteiger partial charge in [-0.2, -0.15) is 0 Å². The van der Waals surface area contributed by atoms with Crippen LogP contribution in [0.2, 0.25) is 0 Å². The van der Waals surface area contributed by atoms with Crippen LogP contribution in [0.5, 0.6) is 0 Å². The number of nitrogens with one attached hydrogen (secondary N) is 1. The van der Waals surface area contributed by atoms with Crippen LogP contribution in [-0.2, 0) is 5.41 Å². The van der Waals surface area contributed by atoms with Gasteiger partial charge in [0.1, 0.15) is 0 Å². The van der Waals surface area contributed by atoms with Crippen LogP contribution < -0.4 is 5.32 Å². The summed E-state index contributed by atoms with van der Waals surface area (Å²) in [5.74, 6) is 0. The lowest BCUT2D eigenvalue weighted by atomic mass is 9.71. The van der Waals surface area contributed by atoms with Crippen molar-refractivity contribution in [1.29, 1.82) is 0 Å². The molecule has 21 heavy (non-hydrogen) atoms. The van der Waals surface area contributed by atoms with Crippen molar-refractivity contribution in [2.75, 3.05) is 0 Å². The minimum atomic E-state index is 0.284. The van der Waals surface area contributed by atoms with Gasteiger partial charge in [0.2, 0.25) is 0 Å². The van der Waals surface area contributed by atoms with Gasteiger partial charge in [-0.05, 0) is 47.9 Å². The summed E-state index contributed by atoms with van der Waals surface area (Å²) < 4.78 is 0. The third-order valence-electron chi connectivity index (χ3n) is 4.76. The van der Waals surface area contributed by atoms with E-state index in [1.54, 1.807) is 0 Å². The van der Waals surface area contributed by atoms with Crippen molar-refractivity contribution in [3.8, 4) is 0 Å². The summed E-state index contributed by atoms with van der Waals surface area (Å²) in [6, 6.07) is 13.8. The molecule has 3 rings (SSSR count). The Bertz CT molecular complexity index is 604. The molecule has 2 heteroatoms. The number of rotatable bonds is 3. The van der Waals surface area contributed by atoms with E-state index in [2.05, 4.69) is 61.4 Å². The molecule has 0 fully saturated rings. The Morgan fingerprint density at radius 1 is 1.19 bits per heavy atom. The van der Waals surface area contributed by atoms with E-state index in [0.29, 0.717) is 12.1 Å². The zero-order chi connectivity index (χ0) is 14.9. The van der Waals surface area contributed by atoms with Crippen LogP contribution in [0.1, 0.15) is 62.4 Å². The lowest BCUT2D eigenvalue weighted by molar-refractivity contribution is 0.340. The fourth-order valence-electron chi connectivity index (χ4n) is 3.42. The molecule has 0 saturated heterocycles. The third-order valence-corrected chi connectivity index (χ3v) is 4.76. The Hall–Kier alpha value is -1.67. The summed E-state index contributed by atoms with van der Waals surface area (Å²) in [5.41, 5.74) is 4.49. The Labute approximate surface area is 127 Å². The number of fused-ring (bicyclic) bond motifs is 1. The summed E-state index contributed by atoms with van der Waals surface area (Å²) in [6.07, 6.45) is 6.20. The van der Waals surface area contributed by atoms with Gasteiger partial charge in [-0.25, -0.2) is 0 Å². The summed E-state index contributed by atoms with van der Waals surface area (Å²) in [6.45, 7) is 6.93. The van der Waals surface area contributed by atoms with Crippen molar-refractivity contribution in [2.24, 2.45) is 0 Å². The van der Waals surface area contributed by atoms with Crippen LogP contribution in [0.15, 0.2) is 48.8 Å². The van der Waals surface area contributed by atoms with E-state index >= 15 is 0 Å². The van der Waals surface area contributed by atoms with Crippen molar-refractivity contribution in [3.05, 3.63) is 65.5 Å². The lowest BCUT2D eigenvalue weighted by Gasteiger charge is -2.38. The first-order valence-electron chi connectivity index (χ1n) is 7.83. The molecule has 2 nitrogen and oxygen atoms in total. The van der Waals surface area contributed by atoms with Gasteiger partial charge < -0.3 is 5.32 Å². The van der Waals surface area contributed by atoms with Gasteiger partial charge >= 0.3 is 0 Å². The predicted molar refractivity (Wildman–Crippen MR) is 87.2 cm³/mol. The molecule has 110 valence electrons. The monoisotopic (exact) mass is 280 g/mol. The van der Waals surface area contributed by atoms with Gasteiger partial charge in [0.25, 0.3) is 0 Å². The van der Waals surface area contributed by atoms with Gasteiger partial charge in [-0.3, -0.25) is 4.98 Å². The number of pyridine rings is 1. The number of aromatic nitrogens is 1. The molecule has 1 unspecified atom stereocenters. The fourth-order valence-corrected chi connectivity index (χ4v) is 3.42. The molecular formula is C19H24N2. The molecule has 1 aliphatic rings. The molecule has 0 radical (unpaired) electrons. The minimum absolute atomic E-state index is 0.284. The first-order valence-corrected chi connectivity index (χ1v) is 7.83. The van der Waals surface area contributed by atoms with Gasteiger partial charge in [0.15, 0.2) is 0 Å². The largest absolute Gasteiger partial charge is 0.303 e. The van der Waals surface area contributed by atoms with Gasteiger partial charge in [0.05, 0.1) is 0 Å². The number of nitrogens with zero attached hydrogens (tertiary/aromatic N) is 1. The Kier molecular flexibility index (Phi) is 3.81. The zero-order valence-electron chi connectivity index (χ0n) is 13.1. The fraction of sp³-hybridized carbons (Fsp3) is 0.421. The van der Waals surface area contributed by atoms with Gasteiger partial charge in [-0.1, -0.05) is 44.2 Å². The molecule has 2 atom stereocenters. The van der Waals surface area contributed by atoms with E-state index in [1.807, 2.05) is 18.5 Å². The van der Waals surface area contributed by atoms with E-state index in [1.165, 1.54) is 29.5 Å². The van der Waals surface area contributed by atoms with Crippen molar-refractivity contribution in [1.82, 2.24) is 10.3 Å². The molecule has 1 N–H and O–H groups in total. The molecule has 2 aromatic rings. The second-order valence-electron chi connectivity index (χ2n) is 6.74. The predicted octanol–water partition coefficient (Wildman–Crippen LogP) is 4.54. The normalized spacial score (nSPS) is 21.6. The maximum absolute atomic E-state index is 4.23.